The molecule has 1 aliphatic carbocycles. The average Bonchev–Trinajstić information content (AvgIpc) is 2.17. The molecular weight excluding hydrogens is 228 g/mol. The van der Waals surface area contributed by atoms with Crippen LogP contribution in [0.1, 0.15) is 60.3 Å². The summed E-state index contributed by atoms with van der Waals surface area (Å²) in [7, 11) is 0. The Kier molecular flexibility index (Phi) is 4.82. The lowest BCUT2D eigenvalue weighted by Gasteiger charge is -2.45. The molecule has 3 unspecified atom stereocenters. The molecule has 1 fully saturated rings. The van der Waals surface area contributed by atoms with E-state index in [0.29, 0.717) is 12.5 Å². The first-order valence-corrected chi connectivity index (χ1v) is 6.98. The maximum absolute atomic E-state index is 10.8. The number of rotatable bonds is 3. The molecule has 1 aliphatic rings. The molecule has 1 saturated carbocycles. The molecule has 0 aliphatic heterocycles. The van der Waals surface area contributed by atoms with Crippen molar-refractivity contribution in [3.8, 4) is 0 Å². The molecule has 0 aromatic carbocycles. The zero-order valence-corrected chi connectivity index (χ0v) is 12.5. The van der Waals surface area contributed by atoms with Crippen LogP contribution in [0.15, 0.2) is 0 Å². The Balaban J connectivity index is 2.57. The Labute approximate surface area is 111 Å². The summed E-state index contributed by atoms with van der Waals surface area (Å²) in [4.78, 5) is 10.8. The summed E-state index contributed by atoms with van der Waals surface area (Å²) in [5.74, 6) is 0.632. The van der Waals surface area contributed by atoms with Crippen LogP contribution in [0.4, 0.5) is 0 Å². The van der Waals surface area contributed by atoms with Crippen molar-refractivity contribution in [2.24, 2.45) is 17.3 Å². The monoisotopic (exact) mass is 256 g/mol. The largest absolute Gasteiger partial charge is 0.466 e. The minimum atomic E-state index is -0.609. The molecule has 106 valence electrons. The number of ether oxygens (including phenoxy) is 1. The molecule has 0 heterocycles. The van der Waals surface area contributed by atoms with E-state index in [2.05, 4.69) is 20.8 Å². The fraction of sp³-hybridized carbons (Fsp3) is 0.933. The minimum Gasteiger partial charge on any atom is -0.466 e. The van der Waals surface area contributed by atoms with Gasteiger partial charge in [-0.05, 0) is 49.9 Å². The zero-order chi connectivity index (χ0) is 14.0. The summed E-state index contributed by atoms with van der Waals surface area (Å²) >= 11 is 0. The molecular formula is C15H28O3. The second kappa shape index (κ2) is 5.60. The van der Waals surface area contributed by atoms with Gasteiger partial charge in [-0.3, -0.25) is 4.79 Å². The van der Waals surface area contributed by atoms with Gasteiger partial charge in [0.1, 0.15) is 0 Å². The lowest BCUT2D eigenvalue weighted by atomic mass is 9.63. The molecule has 0 saturated heterocycles. The summed E-state index contributed by atoms with van der Waals surface area (Å²) in [5.41, 5.74) is -0.321. The van der Waals surface area contributed by atoms with Crippen LogP contribution in [0.2, 0.25) is 0 Å². The highest BCUT2D eigenvalue weighted by Gasteiger charge is 2.41. The van der Waals surface area contributed by atoms with Gasteiger partial charge < -0.3 is 9.84 Å². The van der Waals surface area contributed by atoms with Gasteiger partial charge in [-0.1, -0.05) is 20.8 Å². The fourth-order valence-electron chi connectivity index (χ4n) is 2.95. The van der Waals surface area contributed by atoms with Gasteiger partial charge >= 0.3 is 5.97 Å². The summed E-state index contributed by atoms with van der Waals surface area (Å²) in [5, 5.41) is 10.4. The number of hydrogen-bond donors (Lipinski definition) is 1. The Morgan fingerprint density at radius 1 is 1.44 bits per heavy atom. The predicted molar refractivity (Wildman–Crippen MR) is 72.2 cm³/mol. The highest BCUT2D eigenvalue weighted by atomic mass is 16.5. The van der Waals surface area contributed by atoms with E-state index in [1.807, 2.05) is 6.92 Å². The summed E-state index contributed by atoms with van der Waals surface area (Å²) in [6, 6.07) is 0. The molecule has 0 amide bonds. The van der Waals surface area contributed by atoms with E-state index in [9.17, 15) is 9.90 Å². The van der Waals surface area contributed by atoms with Gasteiger partial charge in [-0.15, -0.1) is 0 Å². The fourth-order valence-corrected chi connectivity index (χ4v) is 2.95. The van der Waals surface area contributed by atoms with Gasteiger partial charge in [0.15, 0.2) is 0 Å². The van der Waals surface area contributed by atoms with Crippen LogP contribution in [-0.2, 0) is 9.53 Å². The topological polar surface area (TPSA) is 46.5 Å². The predicted octanol–water partition coefficient (Wildman–Crippen LogP) is 3.15. The number of carbonyl (C=O) groups excluding carboxylic acids is 1. The van der Waals surface area contributed by atoms with E-state index in [-0.39, 0.29) is 17.3 Å². The van der Waals surface area contributed by atoms with E-state index in [1.54, 1.807) is 0 Å². The van der Waals surface area contributed by atoms with Crippen molar-refractivity contribution >= 4 is 5.97 Å². The molecule has 3 nitrogen and oxygen atoms in total. The third-order valence-electron chi connectivity index (χ3n) is 4.44. The number of carbonyl (C=O) groups is 1. The highest BCUT2D eigenvalue weighted by Crippen LogP contribution is 2.45. The normalized spacial score (nSPS) is 33.2. The van der Waals surface area contributed by atoms with Crippen LogP contribution >= 0.6 is 0 Å². The van der Waals surface area contributed by atoms with Crippen molar-refractivity contribution in [2.75, 3.05) is 6.61 Å². The van der Waals surface area contributed by atoms with Gasteiger partial charge in [-0.25, -0.2) is 0 Å². The van der Waals surface area contributed by atoms with Crippen molar-refractivity contribution in [1.82, 2.24) is 0 Å². The lowest BCUT2D eigenvalue weighted by molar-refractivity contribution is -0.142. The Bertz CT molecular complexity index is 289. The molecule has 1 N–H and O–H groups in total. The van der Waals surface area contributed by atoms with Gasteiger partial charge in [-0.2, -0.15) is 0 Å². The van der Waals surface area contributed by atoms with E-state index >= 15 is 0 Å². The van der Waals surface area contributed by atoms with Gasteiger partial charge in [0, 0.05) is 6.92 Å². The van der Waals surface area contributed by atoms with Crippen molar-refractivity contribution in [3.63, 3.8) is 0 Å². The Morgan fingerprint density at radius 2 is 2.06 bits per heavy atom. The molecule has 18 heavy (non-hydrogen) atoms. The summed E-state index contributed by atoms with van der Waals surface area (Å²) in [6.07, 6.45) is 3.72. The Hall–Kier alpha value is -0.570. The molecule has 0 aromatic heterocycles. The second-order valence-corrected chi connectivity index (χ2v) is 7.02. The zero-order valence-electron chi connectivity index (χ0n) is 12.5. The van der Waals surface area contributed by atoms with Crippen LogP contribution < -0.4 is 0 Å². The number of esters is 1. The smallest absolute Gasteiger partial charge is 0.302 e. The third kappa shape index (κ3) is 4.27. The summed E-state index contributed by atoms with van der Waals surface area (Å²) < 4.78 is 5.01. The first kappa shape index (κ1) is 15.5. The van der Waals surface area contributed by atoms with Gasteiger partial charge in [0.2, 0.25) is 0 Å². The van der Waals surface area contributed by atoms with Crippen LogP contribution in [0.3, 0.4) is 0 Å². The molecule has 3 heteroatoms. The first-order chi connectivity index (χ1) is 8.13. The minimum absolute atomic E-state index is 0.231. The van der Waals surface area contributed by atoms with Crippen molar-refractivity contribution in [2.45, 2.75) is 65.9 Å². The van der Waals surface area contributed by atoms with Crippen LogP contribution in [-0.4, -0.2) is 23.3 Å². The lowest BCUT2D eigenvalue weighted by Crippen LogP contribution is -2.43. The van der Waals surface area contributed by atoms with E-state index in [1.165, 1.54) is 6.92 Å². The SMILES string of the molecule is CC(=O)OCCC1CC(C(C)(C)C)CCC1(C)O. The molecule has 1 rings (SSSR count). The maximum atomic E-state index is 10.8. The van der Waals surface area contributed by atoms with Crippen LogP contribution in [0, 0.1) is 17.3 Å². The number of hydrogen-bond acceptors (Lipinski definition) is 3. The van der Waals surface area contributed by atoms with Gasteiger partial charge in [0.05, 0.1) is 12.2 Å². The third-order valence-corrected chi connectivity index (χ3v) is 4.44. The molecule has 0 bridgehead atoms. The molecule has 0 spiro atoms. The number of aliphatic hydroxyl groups is 1. The van der Waals surface area contributed by atoms with Crippen molar-refractivity contribution in [3.05, 3.63) is 0 Å². The summed E-state index contributed by atoms with van der Waals surface area (Å²) in [6.45, 7) is 10.6. The van der Waals surface area contributed by atoms with Crippen molar-refractivity contribution < 1.29 is 14.6 Å². The Morgan fingerprint density at radius 3 is 2.56 bits per heavy atom. The van der Waals surface area contributed by atoms with Crippen molar-refractivity contribution in [1.29, 1.82) is 0 Å². The molecule has 3 atom stereocenters. The van der Waals surface area contributed by atoms with Crippen LogP contribution in [0.25, 0.3) is 0 Å². The standard InChI is InChI=1S/C15H28O3/c1-11(16)18-9-7-13-10-12(14(2,3)4)6-8-15(13,5)17/h12-13,17H,6-10H2,1-5H3. The van der Waals surface area contributed by atoms with E-state index in [0.717, 1.165) is 25.7 Å². The second-order valence-electron chi connectivity index (χ2n) is 7.02. The average molecular weight is 256 g/mol. The maximum Gasteiger partial charge on any atom is 0.302 e. The first-order valence-electron chi connectivity index (χ1n) is 6.98. The van der Waals surface area contributed by atoms with Crippen LogP contribution in [0.5, 0.6) is 0 Å². The van der Waals surface area contributed by atoms with E-state index in [4.69, 9.17) is 4.74 Å². The quantitative estimate of drug-likeness (QED) is 0.789. The van der Waals surface area contributed by atoms with Gasteiger partial charge in [0.25, 0.3) is 0 Å². The molecule has 0 aromatic rings. The van der Waals surface area contributed by atoms with E-state index < -0.39 is 5.60 Å². The highest BCUT2D eigenvalue weighted by molar-refractivity contribution is 5.65. The molecule has 0 radical (unpaired) electrons.